The Bertz CT molecular complexity index is 1170. The fourth-order valence-corrected chi connectivity index (χ4v) is 4.73. The summed E-state index contributed by atoms with van der Waals surface area (Å²) >= 11 is 5.82. The van der Waals surface area contributed by atoms with E-state index < -0.39 is 9.84 Å². The molecule has 0 atom stereocenters. The van der Waals surface area contributed by atoms with Crippen LogP contribution >= 0.6 is 11.6 Å². The van der Waals surface area contributed by atoms with Crippen LogP contribution in [-0.2, 0) is 9.84 Å². The minimum atomic E-state index is -3.86. The van der Waals surface area contributed by atoms with Crippen molar-refractivity contribution in [3.8, 4) is 5.75 Å². The van der Waals surface area contributed by atoms with Gasteiger partial charge in [-0.1, -0.05) is 11.6 Å². The molecule has 162 valence electrons. The first kappa shape index (κ1) is 21.3. The summed E-state index contributed by atoms with van der Waals surface area (Å²) in [6.45, 7) is 2.33. The molecule has 1 aliphatic rings. The van der Waals surface area contributed by atoms with Crippen LogP contribution in [0.1, 0.15) is 10.6 Å². The first-order valence-corrected chi connectivity index (χ1v) is 11.5. The number of ether oxygens (including phenoxy) is 1. The standard InChI is InChI=1S/C22H21ClN2O5S/c1-29-18-6-4-17(5-7-18)24-12-14-25(15-13-24)22(26)20-10-11-21(30-20)31(27,28)19-8-2-16(23)3-9-19/h2-11H,12-15H2,1H3. The predicted molar refractivity (Wildman–Crippen MR) is 117 cm³/mol. The fraction of sp³-hybridized carbons (Fsp3) is 0.227. The number of anilines is 1. The van der Waals surface area contributed by atoms with Gasteiger partial charge >= 0.3 is 0 Å². The smallest absolute Gasteiger partial charge is 0.289 e. The molecular formula is C22H21ClN2O5S. The van der Waals surface area contributed by atoms with E-state index >= 15 is 0 Å². The number of rotatable bonds is 5. The van der Waals surface area contributed by atoms with Crippen molar-refractivity contribution in [2.75, 3.05) is 38.2 Å². The number of sulfone groups is 1. The Morgan fingerprint density at radius 1 is 0.935 bits per heavy atom. The van der Waals surface area contributed by atoms with E-state index in [-0.39, 0.29) is 21.7 Å². The second kappa shape index (κ2) is 8.64. The van der Waals surface area contributed by atoms with Crippen LogP contribution in [0.3, 0.4) is 0 Å². The van der Waals surface area contributed by atoms with Crippen molar-refractivity contribution in [1.29, 1.82) is 0 Å². The summed E-state index contributed by atoms with van der Waals surface area (Å²) in [6, 6.07) is 16.3. The third-order valence-corrected chi connectivity index (χ3v) is 7.08. The number of furan rings is 1. The highest BCUT2D eigenvalue weighted by Gasteiger charge is 2.27. The van der Waals surface area contributed by atoms with E-state index in [1.54, 1.807) is 12.0 Å². The van der Waals surface area contributed by atoms with Crippen LogP contribution in [0, 0.1) is 0 Å². The lowest BCUT2D eigenvalue weighted by Gasteiger charge is -2.35. The number of benzene rings is 2. The van der Waals surface area contributed by atoms with Gasteiger partial charge in [0.2, 0.25) is 14.9 Å². The number of halogens is 1. The van der Waals surface area contributed by atoms with E-state index in [1.165, 1.54) is 36.4 Å². The summed E-state index contributed by atoms with van der Waals surface area (Å²) in [5.74, 6) is 0.470. The largest absolute Gasteiger partial charge is 0.497 e. The first-order chi connectivity index (χ1) is 14.9. The van der Waals surface area contributed by atoms with E-state index in [0.717, 1.165) is 11.4 Å². The highest BCUT2D eigenvalue weighted by atomic mass is 35.5. The molecule has 1 aromatic heterocycles. The van der Waals surface area contributed by atoms with Gasteiger partial charge in [-0.2, -0.15) is 0 Å². The van der Waals surface area contributed by atoms with Gasteiger partial charge in [-0.15, -0.1) is 0 Å². The van der Waals surface area contributed by atoms with E-state index in [2.05, 4.69) is 4.90 Å². The number of hydrogen-bond acceptors (Lipinski definition) is 6. The normalized spacial score (nSPS) is 14.5. The molecule has 1 saturated heterocycles. The van der Waals surface area contributed by atoms with Crippen LogP contribution in [0.15, 0.2) is 75.1 Å². The lowest BCUT2D eigenvalue weighted by Crippen LogP contribution is -2.48. The number of methoxy groups -OCH3 is 1. The third-order valence-electron chi connectivity index (χ3n) is 5.19. The highest BCUT2D eigenvalue weighted by Crippen LogP contribution is 2.25. The van der Waals surface area contributed by atoms with Gasteiger partial charge in [-0.05, 0) is 60.7 Å². The second-order valence-corrected chi connectivity index (χ2v) is 9.37. The summed E-state index contributed by atoms with van der Waals surface area (Å²) in [5.41, 5.74) is 1.06. The van der Waals surface area contributed by atoms with Crippen LogP contribution in [0.5, 0.6) is 5.75 Å². The number of amides is 1. The summed E-state index contributed by atoms with van der Waals surface area (Å²) < 4.78 is 36.1. The Morgan fingerprint density at radius 2 is 1.58 bits per heavy atom. The lowest BCUT2D eigenvalue weighted by atomic mass is 10.2. The van der Waals surface area contributed by atoms with Gasteiger partial charge in [0, 0.05) is 36.9 Å². The summed E-state index contributed by atoms with van der Waals surface area (Å²) in [7, 11) is -2.24. The van der Waals surface area contributed by atoms with E-state index in [4.69, 9.17) is 20.8 Å². The number of carbonyl (C=O) groups excluding carboxylic acids is 1. The summed E-state index contributed by atoms with van der Waals surface area (Å²) in [6.07, 6.45) is 0. The van der Waals surface area contributed by atoms with Crippen LogP contribution in [-0.4, -0.2) is 52.5 Å². The van der Waals surface area contributed by atoms with Crippen molar-refractivity contribution in [2.45, 2.75) is 9.99 Å². The molecule has 1 amide bonds. The molecule has 4 rings (SSSR count). The van der Waals surface area contributed by atoms with E-state index in [0.29, 0.717) is 31.2 Å². The van der Waals surface area contributed by atoms with Crippen LogP contribution in [0.25, 0.3) is 0 Å². The van der Waals surface area contributed by atoms with Crippen molar-refractivity contribution in [3.63, 3.8) is 0 Å². The molecule has 9 heteroatoms. The van der Waals surface area contributed by atoms with Gasteiger partial charge in [0.25, 0.3) is 5.91 Å². The maximum Gasteiger partial charge on any atom is 0.289 e. The molecule has 0 unspecified atom stereocenters. The molecule has 0 aliphatic carbocycles. The van der Waals surface area contributed by atoms with Gasteiger partial charge in [0.05, 0.1) is 12.0 Å². The zero-order valence-electron chi connectivity index (χ0n) is 16.8. The number of piperazine rings is 1. The molecule has 0 radical (unpaired) electrons. The van der Waals surface area contributed by atoms with Gasteiger partial charge in [-0.3, -0.25) is 4.79 Å². The predicted octanol–water partition coefficient (Wildman–Crippen LogP) is 3.74. The van der Waals surface area contributed by atoms with Crippen LogP contribution < -0.4 is 9.64 Å². The Hall–Kier alpha value is -2.97. The second-order valence-electron chi connectivity index (χ2n) is 7.05. The Labute approximate surface area is 185 Å². The molecule has 0 bridgehead atoms. The minimum Gasteiger partial charge on any atom is -0.497 e. The highest BCUT2D eigenvalue weighted by molar-refractivity contribution is 7.91. The molecule has 0 spiro atoms. The monoisotopic (exact) mass is 460 g/mol. The zero-order chi connectivity index (χ0) is 22.0. The number of nitrogens with zero attached hydrogens (tertiary/aromatic N) is 2. The molecular weight excluding hydrogens is 440 g/mol. The molecule has 31 heavy (non-hydrogen) atoms. The van der Waals surface area contributed by atoms with Crippen LogP contribution in [0.4, 0.5) is 5.69 Å². The zero-order valence-corrected chi connectivity index (χ0v) is 18.4. The number of hydrogen-bond donors (Lipinski definition) is 0. The molecule has 0 saturated carbocycles. The van der Waals surface area contributed by atoms with E-state index in [9.17, 15) is 13.2 Å². The molecule has 3 aromatic rings. The van der Waals surface area contributed by atoms with Crippen molar-refractivity contribution >= 4 is 33.0 Å². The molecule has 2 heterocycles. The topological polar surface area (TPSA) is 80.1 Å². The average Bonchev–Trinajstić information content (AvgIpc) is 3.30. The van der Waals surface area contributed by atoms with Crippen molar-refractivity contribution in [3.05, 3.63) is 71.4 Å². The minimum absolute atomic E-state index is 0.00503. The van der Waals surface area contributed by atoms with Crippen LogP contribution in [0.2, 0.25) is 5.02 Å². The fourth-order valence-electron chi connectivity index (χ4n) is 3.43. The molecule has 2 aromatic carbocycles. The quantitative estimate of drug-likeness (QED) is 0.577. The van der Waals surface area contributed by atoms with Crippen molar-refractivity contribution < 1.29 is 22.4 Å². The molecule has 1 fully saturated rings. The maximum atomic E-state index is 12.8. The SMILES string of the molecule is COc1ccc(N2CCN(C(=O)c3ccc(S(=O)(=O)c4ccc(Cl)cc4)o3)CC2)cc1. The number of carbonyl (C=O) groups is 1. The first-order valence-electron chi connectivity index (χ1n) is 9.67. The third kappa shape index (κ3) is 4.40. The summed E-state index contributed by atoms with van der Waals surface area (Å²) in [4.78, 5) is 16.7. The Morgan fingerprint density at radius 3 is 2.19 bits per heavy atom. The Balaban J connectivity index is 1.43. The average molecular weight is 461 g/mol. The van der Waals surface area contributed by atoms with E-state index in [1.807, 2.05) is 24.3 Å². The van der Waals surface area contributed by atoms with Gasteiger partial charge in [-0.25, -0.2) is 8.42 Å². The van der Waals surface area contributed by atoms with Gasteiger partial charge < -0.3 is 19.0 Å². The van der Waals surface area contributed by atoms with Crippen molar-refractivity contribution in [2.24, 2.45) is 0 Å². The maximum absolute atomic E-state index is 12.8. The molecule has 1 aliphatic heterocycles. The van der Waals surface area contributed by atoms with Gasteiger partial charge in [0.1, 0.15) is 5.75 Å². The van der Waals surface area contributed by atoms with Gasteiger partial charge in [0.15, 0.2) is 5.76 Å². The lowest BCUT2D eigenvalue weighted by molar-refractivity contribution is 0.0709. The Kier molecular flexibility index (Phi) is 5.93. The van der Waals surface area contributed by atoms with Crippen molar-refractivity contribution in [1.82, 2.24) is 4.90 Å². The molecule has 7 nitrogen and oxygen atoms in total. The summed E-state index contributed by atoms with van der Waals surface area (Å²) in [5, 5.41) is 0.165. The molecule has 0 N–H and O–H groups in total.